The second-order valence-corrected chi connectivity index (χ2v) is 6.23. The molecule has 0 bridgehead atoms. The first-order valence-corrected chi connectivity index (χ1v) is 7.61. The molecule has 3 atom stereocenters. The van der Waals surface area contributed by atoms with Crippen LogP contribution < -0.4 is 0 Å². The van der Waals surface area contributed by atoms with E-state index in [1.54, 1.807) is 7.11 Å². The zero-order chi connectivity index (χ0) is 13.2. The normalized spacial score (nSPS) is 41.4. The zero-order valence-corrected chi connectivity index (χ0v) is 11.7. The summed E-state index contributed by atoms with van der Waals surface area (Å²) in [6.45, 7) is 0.593. The van der Waals surface area contributed by atoms with Gasteiger partial charge < -0.3 is 14.2 Å². The molecule has 4 heteroatoms. The Morgan fingerprint density at radius 3 is 2.58 bits per heavy atom. The third-order valence-electron chi connectivity index (χ3n) is 4.91. The van der Waals surface area contributed by atoms with Crippen molar-refractivity contribution in [1.82, 2.24) is 0 Å². The minimum atomic E-state index is 0.00777. The average Bonchev–Trinajstić information content (AvgIpc) is 3.23. The largest absolute Gasteiger partial charge is 0.465 e. The molecule has 0 aromatic carbocycles. The number of ether oxygens (including phenoxy) is 3. The van der Waals surface area contributed by atoms with Gasteiger partial charge in [-0.2, -0.15) is 0 Å². The van der Waals surface area contributed by atoms with Crippen LogP contribution in [0, 0.1) is 11.8 Å². The highest BCUT2D eigenvalue weighted by atomic mass is 16.6. The molecule has 3 aliphatic rings. The number of fused-ring (bicyclic) bond motifs is 1. The van der Waals surface area contributed by atoms with Crippen molar-refractivity contribution >= 4 is 5.97 Å². The number of carbonyl (C=O) groups is 1. The maximum atomic E-state index is 12.0. The molecule has 0 aromatic rings. The molecule has 1 heterocycles. The summed E-state index contributed by atoms with van der Waals surface area (Å²) in [6.07, 6.45) is 8.49. The molecule has 0 N–H and O–H groups in total. The molecule has 2 aliphatic carbocycles. The van der Waals surface area contributed by atoms with Crippen LogP contribution in [-0.2, 0) is 19.0 Å². The Balaban J connectivity index is 1.36. The van der Waals surface area contributed by atoms with Gasteiger partial charge in [-0.25, -0.2) is 0 Å². The fraction of sp³-hybridized carbons (Fsp3) is 0.933. The molecule has 0 aromatic heterocycles. The van der Waals surface area contributed by atoms with E-state index in [-0.39, 0.29) is 11.9 Å². The van der Waals surface area contributed by atoms with Gasteiger partial charge in [-0.1, -0.05) is 0 Å². The topological polar surface area (TPSA) is 48.1 Å². The predicted octanol–water partition coefficient (Wildman–Crippen LogP) is 2.30. The molecule has 0 spiro atoms. The Morgan fingerprint density at radius 2 is 1.89 bits per heavy atom. The highest BCUT2D eigenvalue weighted by Crippen LogP contribution is 2.39. The van der Waals surface area contributed by atoms with Crippen LogP contribution in [0.15, 0.2) is 0 Å². The summed E-state index contributed by atoms with van der Waals surface area (Å²) in [4.78, 5) is 12.0. The lowest BCUT2D eigenvalue weighted by atomic mass is 9.87. The van der Waals surface area contributed by atoms with Crippen LogP contribution in [-0.4, -0.2) is 38.0 Å². The molecule has 3 fully saturated rings. The van der Waals surface area contributed by atoms with Gasteiger partial charge >= 0.3 is 5.97 Å². The Labute approximate surface area is 114 Å². The van der Waals surface area contributed by atoms with Crippen LogP contribution in [0.3, 0.4) is 0 Å². The number of carbonyl (C=O) groups excluding carboxylic acids is 1. The third-order valence-corrected chi connectivity index (χ3v) is 4.91. The minimum absolute atomic E-state index is 0.00777. The van der Waals surface area contributed by atoms with Gasteiger partial charge in [0.25, 0.3) is 0 Å². The van der Waals surface area contributed by atoms with E-state index in [1.165, 1.54) is 0 Å². The number of methoxy groups -OCH3 is 1. The number of rotatable bonds is 4. The summed E-state index contributed by atoms with van der Waals surface area (Å²) in [5.41, 5.74) is 0. The molecule has 19 heavy (non-hydrogen) atoms. The Bertz CT molecular complexity index is 322. The quantitative estimate of drug-likeness (QED) is 0.580. The molecular weight excluding hydrogens is 244 g/mol. The number of hydrogen-bond donors (Lipinski definition) is 0. The smallest absolute Gasteiger partial charge is 0.308 e. The molecule has 108 valence electrons. The highest BCUT2D eigenvalue weighted by Gasteiger charge is 2.44. The highest BCUT2D eigenvalue weighted by molar-refractivity contribution is 5.72. The van der Waals surface area contributed by atoms with Gasteiger partial charge in [-0.3, -0.25) is 4.79 Å². The molecule has 0 amide bonds. The molecule has 1 aliphatic heterocycles. The van der Waals surface area contributed by atoms with Crippen molar-refractivity contribution in [3.8, 4) is 0 Å². The summed E-state index contributed by atoms with van der Waals surface area (Å²) in [5, 5.41) is 0. The van der Waals surface area contributed by atoms with E-state index >= 15 is 0 Å². The van der Waals surface area contributed by atoms with Crippen molar-refractivity contribution < 1.29 is 19.0 Å². The standard InChI is InChI=1S/C15H24O4/c1-17-12-5-3-11(4-6-12)15(16)18-9-10-2-7-13-14(8-10)19-13/h10-14H,2-9H2,1H3. The summed E-state index contributed by atoms with van der Waals surface area (Å²) in [5.74, 6) is 0.622. The molecule has 2 saturated carbocycles. The first kappa shape index (κ1) is 13.4. The summed E-state index contributed by atoms with van der Waals surface area (Å²) in [6, 6.07) is 0. The van der Waals surface area contributed by atoms with Crippen molar-refractivity contribution in [2.24, 2.45) is 11.8 Å². The zero-order valence-electron chi connectivity index (χ0n) is 11.7. The van der Waals surface area contributed by atoms with E-state index in [9.17, 15) is 4.79 Å². The van der Waals surface area contributed by atoms with Crippen LogP contribution in [0.4, 0.5) is 0 Å². The van der Waals surface area contributed by atoms with Gasteiger partial charge in [-0.15, -0.1) is 0 Å². The van der Waals surface area contributed by atoms with Gasteiger partial charge in [0.05, 0.1) is 30.8 Å². The van der Waals surface area contributed by atoms with E-state index in [0.717, 1.165) is 44.9 Å². The van der Waals surface area contributed by atoms with Crippen LogP contribution in [0.5, 0.6) is 0 Å². The number of epoxide rings is 1. The molecule has 4 nitrogen and oxygen atoms in total. The molecule has 3 unspecified atom stereocenters. The van der Waals surface area contributed by atoms with Crippen molar-refractivity contribution in [3.63, 3.8) is 0 Å². The Kier molecular flexibility index (Phi) is 4.08. The van der Waals surface area contributed by atoms with E-state index in [1.807, 2.05) is 0 Å². The monoisotopic (exact) mass is 268 g/mol. The van der Waals surface area contributed by atoms with Crippen LogP contribution in [0.25, 0.3) is 0 Å². The van der Waals surface area contributed by atoms with Crippen molar-refractivity contribution in [3.05, 3.63) is 0 Å². The van der Waals surface area contributed by atoms with Gasteiger partial charge in [0.15, 0.2) is 0 Å². The van der Waals surface area contributed by atoms with E-state index in [0.29, 0.717) is 30.8 Å². The van der Waals surface area contributed by atoms with E-state index < -0.39 is 0 Å². The minimum Gasteiger partial charge on any atom is -0.465 e. The number of esters is 1. The first-order chi connectivity index (χ1) is 9.26. The number of hydrogen-bond acceptors (Lipinski definition) is 4. The van der Waals surface area contributed by atoms with Crippen molar-refractivity contribution in [2.75, 3.05) is 13.7 Å². The van der Waals surface area contributed by atoms with Crippen LogP contribution in [0.2, 0.25) is 0 Å². The Morgan fingerprint density at radius 1 is 1.11 bits per heavy atom. The second kappa shape index (κ2) is 5.80. The van der Waals surface area contributed by atoms with Crippen molar-refractivity contribution in [2.45, 2.75) is 63.3 Å². The SMILES string of the molecule is COC1CCC(C(=O)OCC2CCC3OC3C2)CC1. The summed E-state index contributed by atoms with van der Waals surface area (Å²) in [7, 11) is 1.75. The van der Waals surface area contributed by atoms with Gasteiger partial charge in [0.2, 0.25) is 0 Å². The maximum Gasteiger partial charge on any atom is 0.308 e. The first-order valence-electron chi connectivity index (χ1n) is 7.61. The lowest BCUT2D eigenvalue weighted by molar-refractivity contribution is -0.152. The molecule has 3 rings (SSSR count). The van der Waals surface area contributed by atoms with E-state index in [2.05, 4.69) is 0 Å². The Hall–Kier alpha value is -0.610. The fourth-order valence-electron chi connectivity index (χ4n) is 3.49. The average molecular weight is 268 g/mol. The third kappa shape index (κ3) is 3.29. The summed E-state index contributed by atoms with van der Waals surface area (Å²) < 4.78 is 16.3. The second-order valence-electron chi connectivity index (χ2n) is 6.23. The lowest BCUT2D eigenvalue weighted by Gasteiger charge is -2.27. The van der Waals surface area contributed by atoms with Crippen molar-refractivity contribution in [1.29, 1.82) is 0 Å². The maximum absolute atomic E-state index is 12.0. The molecular formula is C15H24O4. The van der Waals surface area contributed by atoms with Gasteiger partial charge in [-0.05, 0) is 50.9 Å². The lowest BCUT2D eigenvalue weighted by Crippen LogP contribution is -2.28. The van der Waals surface area contributed by atoms with E-state index in [4.69, 9.17) is 14.2 Å². The predicted molar refractivity (Wildman–Crippen MR) is 69.7 cm³/mol. The summed E-state index contributed by atoms with van der Waals surface area (Å²) >= 11 is 0. The van der Waals surface area contributed by atoms with Crippen LogP contribution in [0.1, 0.15) is 44.9 Å². The van der Waals surface area contributed by atoms with Gasteiger partial charge in [0, 0.05) is 7.11 Å². The molecule has 1 saturated heterocycles. The molecule has 0 radical (unpaired) electrons. The fourth-order valence-corrected chi connectivity index (χ4v) is 3.49. The van der Waals surface area contributed by atoms with Gasteiger partial charge in [0.1, 0.15) is 0 Å². The van der Waals surface area contributed by atoms with Crippen LogP contribution >= 0.6 is 0 Å².